The van der Waals surface area contributed by atoms with Gasteiger partial charge in [0.05, 0.1) is 0 Å². The minimum Gasteiger partial charge on any atom is -0.444 e. The fraction of sp³-hybridized carbons (Fsp3) is 0.600. The first kappa shape index (κ1) is 20.2. The molecule has 2 rings (SSSR count). The summed E-state index contributed by atoms with van der Waals surface area (Å²) >= 11 is 4.79. The zero-order valence-electron chi connectivity index (χ0n) is 15.0. The van der Waals surface area contributed by atoms with Crippen LogP contribution in [0.2, 0.25) is 0 Å². The molecule has 1 aromatic rings. The van der Waals surface area contributed by atoms with E-state index in [1.54, 1.807) is 34.6 Å². The van der Waals surface area contributed by atoms with Gasteiger partial charge >= 0.3 is 6.09 Å². The van der Waals surface area contributed by atoms with Crippen LogP contribution in [-0.4, -0.2) is 42.7 Å². The van der Waals surface area contributed by atoms with Gasteiger partial charge in [0.25, 0.3) is 0 Å². The van der Waals surface area contributed by atoms with Crippen molar-refractivity contribution in [1.82, 2.24) is 9.62 Å². The smallest absolute Gasteiger partial charge is 0.414 e. The number of ether oxygens (including phenoxy) is 1. The summed E-state index contributed by atoms with van der Waals surface area (Å²) in [4.78, 5) is 17.4. The summed E-state index contributed by atoms with van der Waals surface area (Å²) in [7, 11) is -2.33. The number of hydrogen-bond donors (Lipinski definition) is 1. The summed E-state index contributed by atoms with van der Waals surface area (Å²) in [6.45, 7) is 8.55. The molecule has 0 aliphatic carbocycles. The summed E-state index contributed by atoms with van der Waals surface area (Å²) in [5.74, 6) is -0.0561. The Labute approximate surface area is 160 Å². The van der Waals surface area contributed by atoms with E-state index in [0.29, 0.717) is 0 Å². The molecule has 140 valence electrons. The summed E-state index contributed by atoms with van der Waals surface area (Å²) in [6, 6.07) is 1.84. The maximum atomic E-state index is 12.8. The van der Waals surface area contributed by atoms with Crippen molar-refractivity contribution in [2.75, 3.05) is 7.05 Å². The highest BCUT2D eigenvalue weighted by Crippen LogP contribution is 2.41. The summed E-state index contributed by atoms with van der Waals surface area (Å²) in [5.41, 5.74) is -1.72. The average molecular weight is 452 g/mol. The molecule has 0 spiro atoms. The van der Waals surface area contributed by atoms with Gasteiger partial charge in [0.2, 0.25) is 16.0 Å². The average Bonchev–Trinajstić information content (AvgIpc) is 2.88. The molecule has 1 aliphatic heterocycles. The topological polar surface area (TPSA) is 88.1 Å². The Balaban J connectivity index is 2.47. The van der Waals surface area contributed by atoms with Crippen molar-refractivity contribution in [3.05, 3.63) is 20.8 Å². The second-order valence-electron chi connectivity index (χ2n) is 6.99. The van der Waals surface area contributed by atoms with Crippen molar-refractivity contribution < 1.29 is 17.9 Å². The molecule has 1 aliphatic rings. The Morgan fingerprint density at radius 1 is 1.48 bits per heavy atom. The van der Waals surface area contributed by atoms with Gasteiger partial charge in [-0.15, -0.1) is 11.3 Å². The van der Waals surface area contributed by atoms with Crippen molar-refractivity contribution in [2.24, 2.45) is 4.99 Å². The number of nitrogens with zero attached hydrogens (tertiary/aromatic N) is 2. The predicted molar refractivity (Wildman–Crippen MR) is 102 cm³/mol. The largest absolute Gasteiger partial charge is 0.444 e. The Morgan fingerprint density at radius 2 is 2.08 bits per heavy atom. The van der Waals surface area contributed by atoms with Gasteiger partial charge in [-0.05, 0) is 56.6 Å². The molecule has 1 aromatic heterocycles. The normalized spacial score (nSPS) is 26.1. The standard InChI is InChI=1S/C15H22BrN3O4S2/c1-9-15(5,11-7-10(16)8-24-11)18-12(19(6)25(9,21)22)17-13(20)23-14(2,3)4/h7-9H,1-6H3,(H,17,18,20)/t9-,15+/m1/s1. The summed E-state index contributed by atoms with van der Waals surface area (Å²) in [5, 5.41) is 3.54. The van der Waals surface area contributed by atoms with E-state index in [9.17, 15) is 13.2 Å². The molecular weight excluding hydrogens is 430 g/mol. The highest BCUT2D eigenvalue weighted by Gasteiger charge is 2.49. The van der Waals surface area contributed by atoms with Gasteiger partial charge < -0.3 is 4.74 Å². The van der Waals surface area contributed by atoms with Gasteiger partial charge in [0.15, 0.2) is 0 Å². The van der Waals surface area contributed by atoms with E-state index in [1.165, 1.54) is 18.4 Å². The van der Waals surface area contributed by atoms with Gasteiger partial charge in [-0.25, -0.2) is 22.5 Å². The fourth-order valence-electron chi connectivity index (χ4n) is 2.36. The molecule has 0 saturated carbocycles. The number of sulfonamides is 1. The number of alkyl carbamates (subject to hydrolysis) is 1. The number of rotatable bonds is 1. The lowest BCUT2D eigenvalue weighted by atomic mass is 9.97. The highest BCUT2D eigenvalue weighted by atomic mass is 79.9. The molecule has 2 atom stereocenters. The van der Waals surface area contributed by atoms with Crippen LogP contribution in [0.1, 0.15) is 39.5 Å². The Hall–Kier alpha value is -1.13. The lowest BCUT2D eigenvalue weighted by molar-refractivity contribution is 0.0559. The van der Waals surface area contributed by atoms with E-state index < -0.39 is 32.5 Å². The van der Waals surface area contributed by atoms with E-state index in [2.05, 4.69) is 26.2 Å². The van der Waals surface area contributed by atoms with Gasteiger partial charge in [-0.2, -0.15) is 0 Å². The number of hydrogen-bond acceptors (Lipinski definition) is 6. The van der Waals surface area contributed by atoms with E-state index in [-0.39, 0.29) is 5.96 Å². The number of carbonyl (C=O) groups excluding carboxylic acids is 1. The predicted octanol–water partition coefficient (Wildman–Crippen LogP) is 3.27. The quantitative estimate of drug-likeness (QED) is 0.709. The molecular formula is C15H22BrN3O4S2. The maximum Gasteiger partial charge on any atom is 0.414 e. The molecule has 1 N–H and O–H groups in total. The van der Waals surface area contributed by atoms with Crippen LogP contribution in [0.25, 0.3) is 0 Å². The molecule has 0 bridgehead atoms. The third kappa shape index (κ3) is 4.01. The number of guanidine groups is 1. The Kier molecular flexibility index (Phi) is 5.29. The van der Waals surface area contributed by atoms with E-state index >= 15 is 0 Å². The second-order valence-corrected chi connectivity index (χ2v) is 11.1. The van der Waals surface area contributed by atoms with Gasteiger partial charge in [0, 0.05) is 21.8 Å². The minimum atomic E-state index is -3.70. The van der Waals surface area contributed by atoms with Gasteiger partial charge in [-0.3, -0.25) is 5.32 Å². The lowest BCUT2D eigenvalue weighted by Gasteiger charge is -2.39. The number of aliphatic imine (C=N–C) groups is 1. The van der Waals surface area contributed by atoms with Crippen molar-refractivity contribution in [3.8, 4) is 0 Å². The van der Waals surface area contributed by atoms with Crippen LogP contribution >= 0.6 is 27.3 Å². The Bertz CT molecular complexity index is 813. The fourth-order valence-corrected chi connectivity index (χ4v) is 5.63. The third-order valence-corrected chi connectivity index (χ3v) is 8.14. The molecule has 0 radical (unpaired) electrons. The number of thiophene rings is 1. The number of amides is 1. The van der Waals surface area contributed by atoms with Gasteiger partial charge in [0.1, 0.15) is 16.4 Å². The van der Waals surface area contributed by atoms with E-state index in [1.807, 2.05) is 11.4 Å². The lowest BCUT2D eigenvalue weighted by Crippen LogP contribution is -2.57. The molecule has 0 fully saturated rings. The number of halogens is 1. The SMILES string of the molecule is C[C@@H]1[C@@](C)(c2cc(Br)cs2)N=C(NC(=O)OC(C)(C)C)N(C)S1(=O)=O. The molecule has 2 heterocycles. The summed E-state index contributed by atoms with van der Waals surface area (Å²) in [6.07, 6.45) is -0.752. The van der Waals surface area contributed by atoms with Crippen molar-refractivity contribution >= 4 is 49.3 Å². The van der Waals surface area contributed by atoms with E-state index in [4.69, 9.17) is 4.74 Å². The summed E-state index contributed by atoms with van der Waals surface area (Å²) < 4.78 is 32.7. The van der Waals surface area contributed by atoms with Crippen LogP contribution in [0.3, 0.4) is 0 Å². The second kappa shape index (κ2) is 6.55. The zero-order valence-corrected chi connectivity index (χ0v) is 18.2. The number of carbonyl (C=O) groups is 1. The molecule has 0 aromatic carbocycles. The van der Waals surface area contributed by atoms with Crippen LogP contribution in [0, 0.1) is 0 Å². The highest BCUT2D eigenvalue weighted by molar-refractivity contribution is 9.10. The maximum absolute atomic E-state index is 12.8. The van der Waals surface area contributed by atoms with Gasteiger partial charge in [-0.1, -0.05) is 0 Å². The molecule has 0 unspecified atom stereocenters. The molecule has 0 saturated heterocycles. The zero-order chi connectivity index (χ0) is 19.2. The first-order valence-electron chi connectivity index (χ1n) is 7.59. The van der Waals surface area contributed by atoms with Crippen LogP contribution in [0.4, 0.5) is 4.79 Å². The number of nitrogens with one attached hydrogen (secondary N) is 1. The Morgan fingerprint density at radius 3 is 2.56 bits per heavy atom. The monoisotopic (exact) mass is 451 g/mol. The van der Waals surface area contributed by atoms with Crippen LogP contribution < -0.4 is 5.32 Å². The molecule has 7 nitrogen and oxygen atoms in total. The molecule has 10 heteroatoms. The van der Waals surface area contributed by atoms with Crippen molar-refractivity contribution in [3.63, 3.8) is 0 Å². The van der Waals surface area contributed by atoms with E-state index in [0.717, 1.165) is 13.7 Å². The van der Waals surface area contributed by atoms with Crippen LogP contribution in [0.5, 0.6) is 0 Å². The minimum absolute atomic E-state index is 0.0561. The first-order valence-corrected chi connectivity index (χ1v) is 10.8. The molecule has 1 amide bonds. The van der Waals surface area contributed by atoms with Crippen LogP contribution in [0.15, 0.2) is 20.9 Å². The first-order chi connectivity index (χ1) is 11.3. The van der Waals surface area contributed by atoms with Crippen molar-refractivity contribution in [1.29, 1.82) is 0 Å². The van der Waals surface area contributed by atoms with Crippen LogP contribution in [-0.2, 0) is 20.3 Å². The molecule has 25 heavy (non-hydrogen) atoms. The third-order valence-electron chi connectivity index (χ3n) is 3.94. The van der Waals surface area contributed by atoms with Crippen molar-refractivity contribution in [2.45, 2.75) is 51.0 Å².